The lowest BCUT2D eigenvalue weighted by Crippen LogP contribution is -2.18. The van der Waals surface area contributed by atoms with Crippen molar-refractivity contribution in [1.29, 1.82) is 0 Å². The zero-order valence-electron chi connectivity index (χ0n) is 11.8. The number of anilines is 1. The quantitative estimate of drug-likeness (QED) is 0.864. The lowest BCUT2D eigenvalue weighted by Gasteiger charge is -2.11. The Kier molecular flexibility index (Phi) is 3.32. The highest BCUT2D eigenvalue weighted by molar-refractivity contribution is 5.70. The average molecular weight is 270 g/mol. The number of aryl methyl sites for hydroxylation is 2. The van der Waals surface area contributed by atoms with Crippen LogP contribution in [0.2, 0.25) is 0 Å². The van der Waals surface area contributed by atoms with E-state index in [2.05, 4.69) is 23.5 Å². The van der Waals surface area contributed by atoms with Crippen molar-refractivity contribution in [2.24, 2.45) is 7.05 Å². The van der Waals surface area contributed by atoms with Crippen molar-refractivity contribution in [3.05, 3.63) is 51.9 Å². The second-order valence-electron chi connectivity index (χ2n) is 5.18. The summed E-state index contributed by atoms with van der Waals surface area (Å²) >= 11 is 0. The highest BCUT2D eigenvalue weighted by Gasteiger charge is 2.10. The van der Waals surface area contributed by atoms with Crippen LogP contribution in [0.15, 0.2) is 35.3 Å². The van der Waals surface area contributed by atoms with Crippen LogP contribution in [0.4, 0.5) is 5.69 Å². The molecule has 0 saturated carbocycles. The van der Waals surface area contributed by atoms with Gasteiger partial charge in [0.25, 0.3) is 5.56 Å². The van der Waals surface area contributed by atoms with Crippen molar-refractivity contribution in [3.8, 4) is 11.1 Å². The lowest BCUT2D eigenvalue weighted by molar-refractivity contribution is 0.135. The first-order chi connectivity index (χ1) is 9.65. The van der Waals surface area contributed by atoms with Gasteiger partial charge in [-0.25, -0.2) is 0 Å². The van der Waals surface area contributed by atoms with Crippen LogP contribution in [0.1, 0.15) is 11.1 Å². The molecule has 0 radical (unpaired) electrons. The average Bonchev–Trinajstić information content (AvgIpc) is 2.68. The zero-order valence-corrected chi connectivity index (χ0v) is 11.8. The van der Waals surface area contributed by atoms with Crippen LogP contribution in [0, 0.1) is 6.92 Å². The van der Waals surface area contributed by atoms with E-state index in [-0.39, 0.29) is 5.56 Å². The molecule has 0 bridgehead atoms. The van der Waals surface area contributed by atoms with Gasteiger partial charge in [-0.3, -0.25) is 4.79 Å². The minimum atomic E-state index is 0.0510. The summed E-state index contributed by atoms with van der Waals surface area (Å²) in [5, 5.41) is 3.38. The van der Waals surface area contributed by atoms with Gasteiger partial charge in [0.1, 0.15) is 0 Å². The zero-order chi connectivity index (χ0) is 14.1. The van der Waals surface area contributed by atoms with E-state index in [1.807, 2.05) is 19.2 Å². The maximum absolute atomic E-state index is 11.8. The number of pyridine rings is 1. The van der Waals surface area contributed by atoms with Gasteiger partial charge in [0.05, 0.1) is 13.2 Å². The molecular formula is C16H18N2O2. The van der Waals surface area contributed by atoms with Gasteiger partial charge < -0.3 is 14.6 Å². The SMILES string of the molecule is Cc1cc(-c2ccc3c(c2)NCCOC3)cn(C)c1=O. The minimum absolute atomic E-state index is 0.0510. The molecule has 4 nitrogen and oxygen atoms in total. The van der Waals surface area contributed by atoms with E-state index in [0.717, 1.165) is 35.5 Å². The topological polar surface area (TPSA) is 43.3 Å². The van der Waals surface area contributed by atoms with Gasteiger partial charge in [0.2, 0.25) is 0 Å². The molecule has 0 aliphatic carbocycles. The van der Waals surface area contributed by atoms with Gasteiger partial charge in [-0.2, -0.15) is 0 Å². The molecule has 104 valence electrons. The third-order valence-electron chi connectivity index (χ3n) is 3.63. The summed E-state index contributed by atoms with van der Waals surface area (Å²) in [5.41, 5.74) is 5.27. The van der Waals surface area contributed by atoms with Crippen molar-refractivity contribution < 1.29 is 4.74 Å². The predicted molar refractivity (Wildman–Crippen MR) is 80.0 cm³/mol. The molecule has 2 heterocycles. The molecule has 1 N–H and O–H groups in total. The summed E-state index contributed by atoms with van der Waals surface area (Å²) in [6, 6.07) is 8.23. The Morgan fingerprint density at radius 1 is 1.25 bits per heavy atom. The van der Waals surface area contributed by atoms with Crippen molar-refractivity contribution in [1.82, 2.24) is 4.57 Å². The van der Waals surface area contributed by atoms with E-state index in [0.29, 0.717) is 6.61 Å². The molecule has 0 atom stereocenters. The fraction of sp³-hybridized carbons (Fsp3) is 0.312. The van der Waals surface area contributed by atoms with Crippen LogP contribution >= 0.6 is 0 Å². The highest BCUT2D eigenvalue weighted by Crippen LogP contribution is 2.27. The van der Waals surface area contributed by atoms with Crippen molar-refractivity contribution in [2.45, 2.75) is 13.5 Å². The van der Waals surface area contributed by atoms with E-state index in [1.165, 1.54) is 5.56 Å². The maximum Gasteiger partial charge on any atom is 0.253 e. The third kappa shape index (κ3) is 2.34. The van der Waals surface area contributed by atoms with Gasteiger partial charge >= 0.3 is 0 Å². The fourth-order valence-electron chi connectivity index (χ4n) is 2.52. The summed E-state index contributed by atoms with van der Waals surface area (Å²) in [5.74, 6) is 0. The minimum Gasteiger partial charge on any atom is -0.382 e. The van der Waals surface area contributed by atoms with Crippen LogP contribution < -0.4 is 10.9 Å². The van der Waals surface area contributed by atoms with E-state index >= 15 is 0 Å². The van der Waals surface area contributed by atoms with Gasteiger partial charge in [0, 0.05) is 36.6 Å². The summed E-state index contributed by atoms with van der Waals surface area (Å²) in [6.45, 7) is 4.04. The standard InChI is InChI=1S/C16H18N2O2/c1-11-7-14(9-18(2)16(11)19)12-3-4-13-10-20-6-5-17-15(13)8-12/h3-4,7-9,17H,5-6,10H2,1-2H3. The Morgan fingerprint density at radius 2 is 2.10 bits per heavy atom. The molecule has 0 saturated heterocycles. The van der Waals surface area contributed by atoms with Gasteiger partial charge in [-0.05, 0) is 30.2 Å². The second kappa shape index (κ2) is 5.13. The summed E-state index contributed by atoms with van der Waals surface area (Å²) in [4.78, 5) is 11.8. The first-order valence-corrected chi connectivity index (χ1v) is 6.77. The number of hydrogen-bond acceptors (Lipinski definition) is 3. The highest BCUT2D eigenvalue weighted by atomic mass is 16.5. The van der Waals surface area contributed by atoms with Crippen LogP contribution in [0.5, 0.6) is 0 Å². The van der Waals surface area contributed by atoms with Gasteiger partial charge in [-0.1, -0.05) is 12.1 Å². The smallest absolute Gasteiger partial charge is 0.253 e. The first kappa shape index (κ1) is 12.9. The number of rotatable bonds is 1. The van der Waals surface area contributed by atoms with Gasteiger partial charge in [0.15, 0.2) is 0 Å². The number of aromatic nitrogens is 1. The molecule has 1 aromatic carbocycles. The first-order valence-electron chi connectivity index (χ1n) is 6.77. The van der Waals surface area contributed by atoms with Crippen LogP contribution in [-0.4, -0.2) is 17.7 Å². The molecule has 4 heteroatoms. The van der Waals surface area contributed by atoms with Crippen LogP contribution in [-0.2, 0) is 18.4 Å². The molecule has 2 aromatic rings. The summed E-state index contributed by atoms with van der Waals surface area (Å²) < 4.78 is 7.14. The molecule has 20 heavy (non-hydrogen) atoms. The molecule has 0 unspecified atom stereocenters. The number of benzene rings is 1. The Hall–Kier alpha value is -2.07. The number of hydrogen-bond donors (Lipinski definition) is 1. The maximum atomic E-state index is 11.8. The van der Waals surface area contributed by atoms with Crippen LogP contribution in [0.25, 0.3) is 11.1 Å². The van der Waals surface area contributed by atoms with E-state index in [4.69, 9.17) is 4.74 Å². The summed E-state index contributed by atoms with van der Waals surface area (Å²) in [7, 11) is 1.79. The number of fused-ring (bicyclic) bond motifs is 1. The third-order valence-corrected chi connectivity index (χ3v) is 3.63. The van der Waals surface area contributed by atoms with E-state index in [9.17, 15) is 4.79 Å². The monoisotopic (exact) mass is 270 g/mol. The van der Waals surface area contributed by atoms with Crippen molar-refractivity contribution >= 4 is 5.69 Å². The predicted octanol–water partition coefficient (Wildman–Crippen LogP) is 2.30. The van der Waals surface area contributed by atoms with E-state index in [1.54, 1.807) is 11.6 Å². The number of ether oxygens (including phenoxy) is 1. The fourth-order valence-corrected chi connectivity index (χ4v) is 2.52. The summed E-state index contributed by atoms with van der Waals surface area (Å²) in [6.07, 6.45) is 1.88. The Bertz CT molecular complexity index is 678. The molecule has 1 aliphatic rings. The normalized spacial score (nSPS) is 14.3. The van der Waals surface area contributed by atoms with Crippen molar-refractivity contribution in [2.75, 3.05) is 18.5 Å². The number of nitrogens with one attached hydrogen (secondary N) is 1. The molecule has 0 amide bonds. The molecule has 0 spiro atoms. The molecule has 1 aromatic heterocycles. The Labute approximate surface area is 118 Å². The Morgan fingerprint density at radius 3 is 2.90 bits per heavy atom. The lowest BCUT2D eigenvalue weighted by atomic mass is 10.0. The molecule has 1 aliphatic heterocycles. The molecule has 3 rings (SSSR count). The van der Waals surface area contributed by atoms with Gasteiger partial charge in [-0.15, -0.1) is 0 Å². The van der Waals surface area contributed by atoms with Crippen LogP contribution in [0.3, 0.4) is 0 Å². The van der Waals surface area contributed by atoms with E-state index < -0.39 is 0 Å². The second-order valence-corrected chi connectivity index (χ2v) is 5.18. The molecule has 0 fully saturated rings. The molecular weight excluding hydrogens is 252 g/mol. The largest absolute Gasteiger partial charge is 0.382 e. The number of nitrogens with zero attached hydrogens (tertiary/aromatic N) is 1. The Balaban J connectivity index is 2.07. The van der Waals surface area contributed by atoms with Crippen molar-refractivity contribution in [3.63, 3.8) is 0 Å².